The zero-order chi connectivity index (χ0) is 14.1. The largest absolute Gasteiger partial charge is 0.493 e. The fourth-order valence-electron chi connectivity index (χ4n) is 2.14. The molecular formula is C15H12FNO3. The molecule has 0 saturated heterocycles. The number of methoxy groups -OCH3 is 1. The third-order valence-corrected chi connectivity index (χ3v) is 3.09. The maximum Gasteiger partial charge on any atom is 0.258 e. The standard InChI is InChI=1S/C15H12FNO3/c1-19-12-7-3-6-11-13(12)20-15(17-14(11)18)9-4-2-5-10(16)8-9/h2-8,15H,1H3,(H,17,18). The molecule has 0 saturated carbocycles. The van der Waals surface area contributed by atoms with E-state index in [-0.39, 0.29) is 11.7 Å². The lowest BCUT2D eigenvalue weighted by Crippen LogP contribution is -2.37. The number of benzene rings is 2. The van der Waals surface area contributed by atoms with Crippen LogP contribution in [0.5, 0.6) is 11.5 Å². The normalized spacial score (nSPS) is 16.9. The van der Waals surface area contributed by atoms with Gasteiger partial charge in [-0.25, -0.2) is 4.39 Å². The zero-order valence-electron chi connectivity index (χ0n) is 10.7. The van der Waals surface area contributed by atoms with E-state index in [0.717, 1.165) is 0 Å². The molecule has 2 aromatic rings. The summed E-state index contributed by atoms with van der Waals surface area (Å²) >= 11 is 0. The van der Waals surface area contributed by atoms with Gasteiger partial charge in [0.25, 0.3) is 5.91 Å². The monoisotopic (exact) mass is 273 g/mol. The summed E-state index contributed by atoms with van der Waals surface area (Å²) in [5.41, 5.74) is 0.937. The molecule has 5 heteroatoms. The van der Waals surface area contributed by atoms with Gasteiger partial charge in [-0.1, -0.05) is 18.2 Å². The molecule has 102 valence electrons. The molecule has 1 atom stereocenters. The second-order valence-corrected chi connectivity index (χ2v) is 4.36. The maximum absolute atomic E-state index is 13.3. The number of hydrogen-bond donors (Lipinski definition) is 1. The summed E-state index contributed by atoms with van der Waals surface area (Å²) in [5, 5.41) is 2.68. The van der Waals surface area contributed by atoms with Crippen LogP contribution in [0, 0.1) is 5.82 Å². The second-order valence-electron chi connectivity index (χ2n) is 4.36. The Morgan fingerprint density at radius 1 is 1.25 bits per heavy atom. The fourth-order valence-corrected chi connectivity index (χ4v) is 2.14. The van der Waals surface area contributed by atoms with Crippen LogP contribution in [0.4, 0.5) is 4.39 Å². The molecule has 1 unspecified atom stereocenters. The summed E-state index contributed by atoms with van der Waals surface area (Å²) in [7, 11) is 1.50. The van der Waals surface area contributed by atoms with Crippen molar-refractivity contribution in [1.82, 2.24) is 5.32 Å². The first kappa shape index (κ1) is 12.5. The summed E-state index contributed by atoms with van der Waals surface area (Å²) in [5.74, 6) is 0.178. The van der Waals surface area contributed by atoms with Gasteiger partial charge >= 0.3 is 0 Å². The third kappa shape index (κ3) is 2.07. The summed E-state index contributed by atoms with van der Waals surface area (Å²) in [6, 6.07) is 11.0. The quantitative estimate of drug-likeness (QED) is 0.915. The van der Waals surface area contributed by atoms with Crippen molar-refractivity contribution in [3.63, 3.8) is 0 Å². The molecule has 1 amide bonds. The Morgan fingerprint density at radius 2 is 2.05 bits per heavy atom. The molecule has 0 aromatic heterocycles. The van der Waals surface area contributed by atoms with E-state index in [9.17, 15) is 9.18 Å². The Bertz CT molecular complexity index is 672. The van der Waals surface area contributed by atoms with E-state index < -0.39 is 6.23 Å². The van der Waals surface area contributed by atoms with Crippen LogP contribution in [0.25, 0.3) is 0 Å². The topological polar surface area (TPSA) is 47.6 Å². The molecule has 0 bridgehead atoms. The summed E-state index contributed by atoms with van der Waals surface area (Å²) < 4.78 is 24.2. The van der Waals surface area contributed by atoms with Gasteiger partial charge in [-0.15, -0.1) is 0 Å². The summed E-state index contributed by atoms with van der Waals surface area (Å²) in [6.07, 6.45) is -0.734. The second kappa shape index (κ2) is 4.85. The van der Waals surface area contributed by atoms with E-state index in [1.165, 1.54) is 19.2 Å². The molecule has 0 fully saturated rings. The Labute approximate surface area is 115 Å². The van der Waals surface area contributed by atoms with Crippen LogP contribution in [0.1, 0.15) is 22.1 Å². The predicted octanol–water partition coefficient (Wildman–Crippen LogP) is 2.66. The number of amides is 1. The van der Waals surface area contributed by atoms with E-state index in [1.807, 2.05) is 0 Å². The molecule has 4 nitrogen and oxygen atoms in total. The van der Waals surface area contributed by atoms with Crippen LogP contribution in [0.2, 0.25) is 0 Å². The van der Waals surface area contributed by atoms with Gasteiger partial charge in [0.15, 0.2) is 17.7 Å². The molecule has 2 aromatic carbocycles. The number of nitrogens with one attached hydrogen (secondary N) is 1. The van der Waals surface area contributed by atoms with Crippen molar-refractivity contribution in [3.05, 3.63) is 59.4 Å². The molecule has 0 radical (unpaired) electrons. The molecule has 1 aliphatic rings. The van der Waals surface area contributed by atoms with Gasteiger partial charge in [0.1, 0.15) is 5.82 Å². The van der Waals surface area contributed by atoms with Crippen LogP contribution in [0.15, 0.2) is 42.5 Å². The van der Waals surface area contributed by atoms with E-state index in [2.05, 4.69) is 5.32 Å². The minimum atomic E-state index is -0.734. The number of hydrogen-bond acceptors (Lipinski definition) is 3. The number of fused-ring (bicyclic) bond motifs is 1. The Hall–Kier alpha value is -2.56. The first-order chi connectivity index (χ1) is 9.69. The number of rotatable bonds is 2. The molecule has 1 aliphatic heterocycles. The van der Waals surface area contributed by atoms with Crippen molar-refractivity contribution in [1.29, 1.82) is 0 Å². The van der Waals surface area contributed by atoms with Gasteiger partial charge in [0.05, 0.1) is 12.7 Å². The van der Waals surface area contributed by atoms with Crippen LogP contribution in [0.3, 0.4) is 0 Å². The van der Waals surface area contributed by atoms with Gasteiger partial charge in [-0.05, 0) is 24.3 Å². The SMILES string of the molecule is COc1cccc2c1OC(c1cccc(F)c1)NC2=O. The van der Waals surface area contributed by atoms with Gasteiger partial charge in [0, 0.05) is 5.56 Å². The van der Waals surface area contributed by atoms with Crippen molar-refractivity contribution >= 4 is 5.91 Å². The molecular weight excluding hydrogens is 261 g/mol. The van der Waals surface area contributed by atoms with E-state index >= 15 is 0 Å². The first-order valence-corrected chi connectivity index (χ1v) is 6.09. The Morgan fingerprint density at radius 3 is 2.80 bits per heavy atom. The molecule has 20 heavy (non-hydrogen) atoms. The van der Waals surface area contributed by atoms with Crippen molar-refractivity contribution < 1.29 is 18.7 Å². The lowest BCUT2D eigenvalue weighted by Gasteiger charge is -2.28. The molecule has 0 spiro atoms. The van der Waals surface area contributed by atoms with Crippen molar-refractivity contribution in [3.8, 4) is 11.5 Å². The highest BCUT2D eigenvalue weighted by atomic mass is 19.1. The number of carbonyl (C=O) groups excluding carboxylic acids is 1. The Kier molecular flexibility index (Phi) is 3.02. The molecule has 3 rings (SSSR count). The van der Waals surface area contributed by atoms with Crippen molar-refractivity contribution in [2.24, 2.45) is 0 Å². The zero-order valence-corrected chi connectivity index (χ0v) is 10.7. The van der Waals surface area contributed by atoms with Crippen LogP contribution in [-0.2, 0) is 0 Å². The van der Waals surface area contributed by atoms with E-state index in [4.69, 9.17) is 9.47 Å². The average molecular weight is 273 g/mol. The lowest BCUT2D eigenvalue weighted by atomic mass is 10.1. The molecule has 0 aliphatic carbocycles. The highest BCUT2D eigenvalue weighted by Gasteiger charge is 2.29. The van der Waals surface area contributed by atoms with E-state index in [0.29, 0.717) is 22.6 Å². The Balaban J connectivity index is 2.01. The highest BCUT2D eigenvalue weighted by Crippen LogP contribution is 2.37. The van der Waals surface area contributed by atoms with Gasteiger partial charge in [0.2, 0.25) is 0 Å². The minimum Gasteiger partial charge on any atom is -0.493 e. The summed E-state index contributed by atoms with van der Waals surface area (Å²) in [4.78, 5) is 12.1. The first-order valence-electron chi connectivity index (χ1n) is 6.09. The van der Waals surface area contributed by atoms with Crippen molar-refractivity contribution in [2.45, 2.75) is 6.23 Å². The highest BCUT2D eigenvalue weighted by molar-refractivity contribution is 5.98. The third-order valence-electron chi connectivity index (χ3n) is 3.09. The van der Waals surface area contributed by atoms with Crippen LogP contribution >= 0.6 is 0 Å². The fraction of sp³-hybridized carbons (Fsp3) is 0.133. The number of ether oxygens (including phenoxy) is 2. The number of halogens is 1. The molecule has 1 N–H and O–H groups in total. The minimum absolute atomic E-state index is 0.278. The number of para-hydroxylation sites is 1. The van der Waals surface area contributed by atoms with Gasteiger partial charge in [-0.3, -0.25) is 4.79 Å². The van der Waals surface area contributed by atoms with Crippen molar-refractivity contribution in [2.75, 3.05) is 7.11 Å². The van der Waals surface area contributed by atoms with Crippen LogP contribution < -0.4 is 14.8 Å². The van der Waals surface area contributed by atoms with Gasteiger partial charge in [-0.2, -0.15) is 0 Å². The van der Waals surface area contributed by atoms with Gasteiger partial charge < -0.3 is 14.8 Å². The smallest absolute Gasteiger partial charge is 0.258 e. The summed E-state index contributed by atoms with van der Waals surface area (Å²) in [6.45, 7) is 0. The lowest BCUT2D eigenvalue weighted by molar-refractivity contribution is 0.0745. The predicted molar refractivity (Wildman–Crippen MR) is 70.2 cm³/mol. The number of carbonyl (C=O) groups is 1. The maximum atomic E-state index is 13.3. The average Bonchev–Trinajstić information content (AvgIpc) is 2.46. The molecule has 1 heterocycles. The van der Waals surface area contributed by atoms with Crippen LogP contribution in [-0.4, -0.2) is 13.0 Å². The van der Waals surface area contributed by atoms with E-state index in [1.54, 1.807) is 30.3 Å².